The van der Waals surface area contributed by atoms with Crippen molar-refractivity contribution in [2.24, 2.45) is 5.41 Å². The van der Waals surface area contributed by atoms with Gasteiger partial charge in [-0.2, -0.15) is 5.26 Å². The van der Waals surface area contributed by atoms with E-state index in [1.165, 1.54) is 6.07 Å². The first-order chi connectivity index (χ1) is 7.44. The third-order valence-corrected chi connectivity index (χ3v) is 2.49. The van der Waals surface area contributed by atoms with E-state index in [-0.39, 0.29) is 11.2 Å². The molecule has 1 N–H and O–H groups in total. The second-order valence-electron chi connectivity index (χ2n) is 4.66. The monoisotopic (exact) mass is 220 g/mol. The molecule has 16 heavy (non-hydrogen) atoms. The Morgan fingerprint density at radius 2 is 2.12 bits per heavy atom. The molecule has 0 unspecified atom stereocenters. The summed E-state index contributed by atoms with van der Waals surface area (Å²) in [6.45, 7) is 6.20. The summed E-state index contributed by atoms with van der Waals surface area (Å²) >= 11 is 0. The van der Waals surface area contributed by atoms with Gasteiger partial charge in [0.05, 0.1) is 17.2 Å². The summed E-state index contributed by atoms with van der Waals surface area (Å²) in [4.78, 5) is 0. The van der Waals surface area contributed by atoms with Gasteiger partial charge in [0, 0.05) is 6.54 Å². The summed E-state index contributed by atoms with van der Waals surface area (Å²) in [7, 11) is 0. The maximum absolute atomic E-state index is 13.4. The zero-order valence-electron chi connectivity index (χ0n) is 9.97. The number of nitriles is 1. The molecule has 0 aliphatic carbocycles. The highest BCUT2D eigenvalue weighted by Gasteiger charge is 2.15. The largest absolute Gasteiger partial charge is 0.383 e. The molecule has 1 aromatic carbocycles. The van der Waals surface area contributed by atoms with Crippen LogP contribution in [0.5, 0.6) is 0 Å². The molecule has 0 aromatic heterocycles. The highest BCUT2D eigenvalue weighted by molar-refractivity contribution is 5.46. The van der Waals surface area contributed by atoms with Gasteiger partial charge in [-0.05, 0) is 44.9 Å². The first kappa shape index (κ1) is 12.5. The number of nitrogens with one attached hydrogen (secondary N) is 1. The summed E-state index contributed by atoms with van der Waals surface area (Å²) in [5.41, 5.74) is 1.04. The average Bonchev–Trinajstić information content (AvgIpc) is 2.21. The molecule has 0 aliphatic rings. The molecule has 0 radical (unpaired) electrons. The van der Waals surface area contributed by atoms with E-state index in [0.717, 1.165) is 5.56 Å². The number of aryl methyl sites for hydroxylation is 1. The van der Waals surface area contributed by atoms with Crippen LogP contribution in [-0.2, 0) is 0 Å². The molecule has 0 saturated carbocycles. The summed E-state index contributed by atoms with van der Waals surface area (Å²) in [6.07, 6.45) is 0.691. The second-order valence-corrected chi connectivity index (χ2v) is 4.66. The van der Waals surface area contributed by atoms with Crippen molar-refractivity contribution in [2.45, 2.75) is 27.2 Å². The van der Waals surface area contributed by atoms with E-state index in [2.05, 4.69) is 11.4 Å². The molecule has 0 spiro atoms. The van der Waals surface area contributed by atoms with Crippen molar-refractivity contribution < 1.29 is 4.39 Å². The van der Waals surface area contributed by atoms with Crippen LogP contribution in [0.4, 0.5) is 10.1 Å². The fraction of sp³-hybridized carbons (Fsp3) is 0.462. The van der Waals surface area contributed by atoms with Gasteiger partial charge in [0.2, 0.25) is 0 Å². The molecule has 0 heterocycles. The van der Waals surface area contributed by atoms with Crippen LogP contribution in [0.3, 0.4) is 0 Å². The minimum absolute atomic E-state index is 0.241. The molecule has 0 fully saturated rings. The first-order valence-electron chi connectivity index (χ1n) is 5.36. The molecule has 0 bridgehead atoms. The zero-order valence-corrected chi connectivity index (χ0v) is 9.97. The standard InChI is InChI=1S/C13H17FN2/c1-10-4-5-12(11(14)8-10)16-7-6-13(2,3)9-15/h4-5,8,16H,6-7H2,1-3H3. The van der Waals surface area contributed by atoms with E-state index in [1.54, 1.807) is 6.07 Å². The average molecular weight is 220 g/mol. The van der Waals surface area contributed by atoms with Gasteiger partial charge in [-0.1, -0.05) is 6.07 Å². The number of hydrogen-bond acceptors (Lipinski definition) is 2. The molecule has 1 aromatic rings. The van der Waals surface area contributed by atoms with Crippen LogP contribution in [0.1, 0.15) is 25.8 Å². The second kappa shape index (κ2) is 4.98. The lowest BCUT2D eigenvalue weighted by atomic mass is 9.91. The number of anilines is 1. The topological polar surface area (TPSA) is 35.8 Å². The van der Waals surface area contributed by atoms with E-state index in [4.69, 9.17) is 5.26 Å². The van der Waals surface area contributed by atoms with Crippen LogP contribution >= 0.6 is 0 Å². The quantitative estimate of drug-likeness (QED) is 0.843. The van der Waals surface area contributed by atoms with Crippen molar-refractivity contribution in [3.8, 4) is 6.07 Å². The SMILES string of the molecule is Cc1ccc(NCCC(C)(C)C#N)c(F)c1. The Morgan fingerprint density at radius 1 is 1.44 bits per heavy atom. The van der Waals surface area contributed by atoms with Gasteiger partial charge >= 0.3 is 0 Å². The third kappa shape index (κ3) is 3.54. The van der Waals surface area contributed by atoms with E-state index < -0.39 is 0 Å². The van der Waals surface area contributed by atoms with Crippen LogP contribution in [0.15, 0.2) is 18.2 Å². The Morgan fingerprint density at radius 3 is 2.69 bits per heavy atom. The number of hydrogen-bond donors (Lipinski definition) is 1. The molecule has 2 nitrogen and oxygen atoms in total. The van der Waals surface area contributed by atoms with Crippen LogP contribution < -0.4 is 5.32 Å². The van der Waals surface area contributed by atoms with Crippen molar-refractivity contribution in [1.29, 1.82) is 5.26 Å². The fourth-order valence-corrected chi connectivity index (χ4v) is 1.33. The molecular formula is C13H17FN2. The molecule has 0 saturated heterocycles. The van der Waals surface area contributed by atoms with Gasteiger partial charge in [-0.3, -0.25) is 0 Å². The predicted octanol–water partition coefficient (Wildman–Crippen LogP) is 3.49. The summed E-state index contributed by atoms with van der Waals surface area (Å²) < 4.78 is 13.4. The smallest absolute Gasteiger partial charge is 0.146 e. The zero-order chi connectivity index (χ0) is 12.2. The van der Waals surface area contributed by atoms with Crippen LogP contribution in [0.25, 0.3) is 0 Å². The summed E-state index contributed by atoms with van der Waals surface area (Å²) in [6, 6.07) is 7.30. The highest BCUT2D eigenvalue weighted by atomic mass is 19.1. The van der Waals surface area contributed by atoms with Crippen molar-refractivity contribution >= 4 is 5.69 Å². The number of nitrogens with zero attached hydrogens (tertiary/aromatic N) is 1. The Bertz CT molecular complexity index is 405. The lowest BCUT2D eigenvalue weighted by Crippen LogP contribution is -2.15. The number of rotatable bonds is 4. The van der Waals surface area contributed by atoms with E-state index in [0.29, 0.717) is 18.7 Å². The molecule has 0 atom stereocenters. The molecule has 3 heteroatoms. The Balaban J connectivity index is 2.53. The first-order valence-corrected chi connectivity index (χ1v) is 5.36. The molecule has 0 aliphatic heterocycles. The van der Waals surface area contributed by atoms with E-state index >= 15 is 0 Å². The molecule has 1 rings (SSSR count). The van der Waals surface area contributed by atoms with Crippen molar-refractivity contribution in [1.82, 2.24) is 0 Å². The third-order valence-electron chi connectivity index (χ3n) is 2.49. The minimum Gasteiger partial charge on any atom is -0.383 e. The minimum atomic E-state index is -0.367. The van der Waals surface area contributed by atoms with Crippen LogP contribution in [0, 0.1) is 29.5 Å². The summed E-state index contributed by atoms with van der Waals surface area (Å²) in [5, 5.41) is 11.8. The van der Waals surface area contributed by atoms with Crippen LogP contribution in [0.2, 0.25) is 0 Å². The number of halogens is 1. The summed E-state index contributed by atoms with van der Waals surface area (Å²) in [5.74, 6) is -0.241. The molecule has 0 amide bonds. The van der Waals surface area contributed by atoms with Gasteiger partial charge in [0.15, 0.2) is 0 Å². The van der Waals surface area contributed by atoms with E-state index in [9.17, 15) is 4.39 Å². The Hall–Kier alpha value is -1.56. The van der Waals surface area contributed by atoms with Crippen molar-refractivity contribution in [3.05, 3.63) is 29.6 Å². The van der Waals surface area contributed by atoms with Gasteiger partial charge in [-0.25, -0.2) is 4.39 Å². The van der Waals surface area contributed by atoms with Gasteiger partial charge in [-0.15, -0.1) is 0 Å². The number of benzene rings is 1. The van der Waals surface area contributed by atoms with Gasteiger partial charge in [0.25, 0.3) is 0 Å². The molecule has 86 valence electrons. The van der Waals surface area contributed by atoms with Gasteiger partial charge in [0.1, 0.15) is 5.82 Å². The van der Waals surface area contributed by atoms with Crippen LogP contribution in [-0.4, -0.2) is 6.54 Å². The maximum Gasteiger partial charge on any atom is 0.146 e. The van der Waals surface area contributed by atoms with Gasteiger partial charge < -0.3 is 5.32 Å². The molecular weight excluding hydrogens is 203 g/mol. The van der Waals surface area contributed by atoms with E-state index in [1.807, 2.05) is 26.8 Å². The lowest BCUT2D eigenvalue weighted by Gasteiger charge is -2.16. The Labute approximate surface area is 96.1 Å². The highest BCUT2D eigenvalue weighted by Crippen LogP contribution is 2.20. The lowest BCUT2D eigenvalue weighted by molar-refractivity contribution is 0.466. The van der Waals surface area contributed by atoms with Crippen molar-refractivity contribution in [3.63, 3.8) is 0 Å². The normalized spacial score (nSPS) is 10.9. The predicted molar refractivity (Wildman–Crippen MR) is 63.6 cm³/mol. The Kier molecular flexibility index (Phi) is 3.89. The maximum atomic E-state index is 13.4. The fourth-order valence-electron chi connectivity index (χ4n) is 1.33. The van der Waals surface area contributed by atoms with Crippen molar-refractivity contribution in [2.75, 3.05) is 11.9 Å².